The summed E-state index contributed by atoms with van der Waals surface area (Å²) in [5.41, 5.74) is 1.20. The number of hydrogen-bond donors (Lipinski definition) is 0. The molecule has 5 heteroatoms. The third kappa shape index (κ3) is 4.24. The van der Waals surface area contributed by atoms with E-state index in [9.17, 15) is 4.79 Å². The molecule has 3 rings (SSSR count). The van der Waals surface area contributed by atoms with E-state index < -0.39 is 6.10 Å². The molecule has 0 spiro atoms. The first-order valence-corrected chi connectivity index (χ1v) is 8.57. The summed E-state index contributed by atoms with van der Waals surface area (Å²) in [5, 5.41) is 0. The van der Waals surface area contributed by atoms with Crippen molar-refractivity contribution in [3.8, 4) is 11.5 Å². The van der Waals surface area contributed by atoms with Crippen molar-refractivity contribution in [1.82, 2.24) is 4.90 Å². The van der Waals surface area contributed by atoms with Crippen molar-refractivity contribution in [3.05, 3.63) is 54.6 Å². The van der Waals surface area contributed by atoms with Crippen molar-refractivity contribution in [2.75, 3.05) is 38.2 Å². The maximum Gasteiger partial charge on any atom is 0.263 e. The van der Waals surface area contributed by atoms with Crippen LogP contribution < -0.4 is 14.4 Å². The van der Waals surface area contributed by atoms with E-state index in [2.05, 4.69) is 17.0 Å². The lowest BCUT2D eigenvalue weighted by atomic mass is 10.2. The van der Waals surface area contributed by atoms with Gasteiger partial charge in [-0.05, 0) is 31.2 Å². The number of ether oxygens (including phenoxy) is 2. The van der Waals surface area contributed by atoms with Crippen molar-refractivity contribution in [2.45, 2.75) is 13.0 Å². The average Bonchev–Trinajstić information content (AvgIpc) is 2.68. The monoisotopic (exact) mass is 340 g/mol. The third-order valence-corrected chi connectivity index (χ3v) is 4.41. The molecule has 0 bridgehead atoms. The molecular weight excluding hydrogens is 316 g/mol. The Bertz CT molecular complexity index is 697. The number of amides is 1. The van der Waals surface area contributed by atoms with Crippen LogP contribution in [-0.4, -0.2) is 50.2 Å². The summed E-state index contributed by atoms with van der Waals surface area (Å²) in [6.07, 6.45) is -0.518. The van der Waals surface area contributed by atoms with Gasteiger partial charge in [0.1, 0.15) is 11.5 Å². The van der Waals surface area contributed by atoms with Crippen molar-refractivity contribution in [3.63, 3.8) is 0 Å². The number of rotatable bonds is 5. The second kappa shape index (κ2) is 7.92. The number of hydrogen-bond acceptors (Lipinski definition) is 4. The number of carbonyl (C=O) groups is 1. The van der Waals surface area contributed by atoms with E-state index in [1.807, 2.05) is 41.3 Å². The number of para-hydroxylation sites is 1. The van der Waals surface area contributed by atoms with Gasteiger partial charge in [0.05, 0.1) is 7.11 Å². The maximum atomic E-state index is 12.7. The Kier molecular flexibility index (Phi) is 5.43. The number of benzene rings is 2. The Morgan fingerprint density at radius 2 is 1.64 bits per heavy atom. The molecule has 1 aliphatic rings. The molecule has 25 heavy (non-hydrogen) atoms. The molecule has 0 N–H and O–H groups in total. The first-order chi connectivity index (χ1) is 12.2. The van der Waals surface area contributed by atoms with Gasteiger partial charge in [0.2, 0.25) is 0 Å². The molecule has 1 heterocycles. The molecule has 132 valence electrons. The van der Waals surface area contributed by atoms with E-state index in [4.69, 9.17) is 9.47 Å². The van der Waals surface area contributed by atoms with E-state index in [0.29, 0.717) is 24.6 Å². The normalized spacial score (nSPS) is 15.6. The minimum Gasteiger partial charge on any atom is -0.497 e. The highest BCUT2D eigenvalue weighted by atomic mass is 16.5. The van der Waals surface area contributed by atoms with Crippen LogP contribution >= 0.6 is 0 Å². The van der Waals surface area contributed by atoms with Crippen LogP contribution in [0.15, 0.2) is 54.6 Å². The van der Waals surface area contributed by atoms with Crippen molar-refractivity contribution >= 4 is 11.6 Å². The second-order valence-electron chi connectivity index (χ2n) is 6.09. The molecule has 0 aromatic heterocycles. The molecule has 0 radical (unpaired) electrons. The van der Waals surface area contributed by atoms with Gasteiger partial charge in [-0.15, -0.1) is 0 Å². The fourth-order valence-corrected chi connectivity index (χ4v) is 3.01. The Hall–Kier alpha value is -2.69. The molecule has 1 atom stereocenters. The van der Waals surface area contributed by atoms with Crippen LogP contribution in [0.5, 0.6) is 11.5 Å². The van der Waals surface area contributed by atoms with Crippen LogP contribution in [0, 0.1) is 0 Å². The number of methoxy groups -OCH3 is 1. The van der Waals surface area contributed by atoms with Crippen LogP contribution in [0.3, 0.4) is 0 Å². The molecule has 1 fully saturated rings. The molecule has 1 unspecified atom stereocenters. The van der Waals surface area contributed by atoms with Crippen LogP contribution in [0.1, 0.15) is 6.92 Å². The molecule has 2 aromatic carbocycles. The number of piperazine rings is 1. The lowest BCUT2D eigenvalue weighted by molar-refractivity contribution is -0.138. The summed E-state index contributed by atoms with van der Waals surface area (Å²) in [4.78, 5) is 16.8. The van der Waals surface area contributed by atoms with Gasteiger partial charge in [0.25, 0.3) is 5.91 Å². The van der Waals surface area contributed by atoms with E-state index in [0.717, 1.165) is 13.1 Å². The molecule has 1 aliphatic heterocycles. The molecule has 1 amide bonds. The van der Waals surface area contributed by atoms with Gasteiger partial charge in [-0.1, -0.05) is 24.3 Å². The SMILES string of the molecule is COc1cccc(OC(C)C(=O)N2CCN(c3ccccc3)CC2)c1. The lowest BCUT2D eigenvalue weighted by Crippen LogP contribution is -2.52. The van der Waals surface area contributed by atoms with Gasteiger partial charge in [0.15, 0.2) is 6.10 Å². The Morgan fingerprint density at radius 1 is 0.960 bits per heavy atom. The standard InChI is InChI=1S/C20H24N2O3/c1-16(25-19-10-6-9-18(15-19)24-2)20(23)22-13-11-21(12-14-22)17-7-4-3-5-8-17/h3-10,15-16H,11-14H2,1-2H3. The first-order valence-electron chi connectivity index (χ1n) is 8.57. The summed E-state index contributed by atoms with van der Waals surface area (Å²) in [6.45, 7) is 4.88. The highest BCUT2D eigenvalue weighted by Gasteiger charge is 2.26. The fourth-order valence-electron chi connectivity index (χ4n) is 3.01. The minimum atomic E-state index is -0.518. The van der Waals surface area contributed by atoms with Gasteiger partial charge in [-0.3, -0.25) is 4.79 Å². The smallest absolute Gasteiger partial charge is 0.263 e. The summed E-state index contributed by atoms with van der Waals surface area (Å²) < 4.78 is 11.0. The molecule has 5 nitrogen and oxygen atoms in total. The summed E-state index contributed by atoms with van der Waals surface area (Å²) in [6, 6.07) is 17.6. The topological polar surface area (TPSA) is 42.0 Å². The quantitative estimate of drug-likeness (QED) is 0.839. The number of carbonyl (C=O) groups excluding carboxylic acids is 1. The Labute approximate surface area is 148 Å². The minimum absolute atomic E-state index is 0.0236. The first kappa shape index (κ1) is 17.1. The summed E-state index contributed by atoms with van der Waals surface area (Å²) in [7, 11) is 1.61. The molecule has 0 aliphatic carbocycles. The van der Waals surface area contributed by atoms with E-state index in [-0.39, 0.29) is 5.91 Å². The zero-order valence-corrected chi connectivity index (χ0v) is 14.7. The average molecular weight is 340 g/mol. The number of anilines is 1. The zero-order chi connectivity index (χ0) is 17.6. The van der Waals surface area contributed by atoms with Crippen molar-refractivity contribution in [1.29, 1.82) is 0 Å². The Morgan fingerprint density at radius 3 is 2.32 bits per heavy atom. The van der Waals surface area contributed by atoms with E-state index in [1.54, 1.807) is 20.1 Å². The van der Waals surface area contributed by atoms with Gasteiger partial charge in [-0.25, -0.2) is 0 Å². The van der Waals surface area contributed by atoms with Gasteiger partial charge >= 0.3 is 0 Å². The van der Waals surface area contributed by atoms with Gasteiger partial charge in [0, 0.05) is 37.9 Å². The zero-order valence-electron chi connectivity index (χ0n) is 14.7. The van der Waals surface area contributed by atoms with Crippen molar-refractivity contribution in [2.24, 2.45) is 0 Å². The maximum absolute atomic E-state index is 12.7. The third-order valence-electron chi connectivity index (χ3n) is 4.41. The van der Waals surface area contributed by atoms with Crippen LogP contribution in [-0.2, 0) is 4.79 Å². The van der Waals surface area contributed by atoms with E-state index in [1.165, 1.54) is 5.69 Å². The van der Waals surface area contributed by atoms with Gasteiger partial charge < -0.3 is 19.3 Å². The lowest BCUT2D eigenvalue weighted by Gasteiger charge is -2.37. The largest absolute Gasteiger partial charge is 0.497 e. The Balaban J connectivity index is 1.54. The molecule has 2 aromatic rings. The molecule has 1 saturated heterocycles. The number of nitrogens with zero attached hydrogens (tertiary/aromatic N) is 2. The highest BCUT2D eigenvalue weighted by Crippen LogP contribution is 2.21. The summed E-state index contributed by atoms with van der Waals surface area (Å²) >= 11 is 0. The van der Waals surface area contributed by atoms with Crippen molar-refractivity contribution < 1.29 is 14.3 Å². The van der Waals surface area contributed by atoms with Gasteiger partial charge in [-0.2, -0.15) is 0 Å². The molecular formula is C20H24N2O3. The van der Waals surface area contributed by atoms with Crippen LogP contribution in [0.4, 0.5) is 5.69 Å². The van der Waals surface area contributed by atoms with Crippen LogP contribution in [0.25, 0.3) is 0 Å². The summed E-state index contributed by atoms with van der Waals surface area (Å²) in [5.74, 6) is 1.38. The highest BCUT2D eigenvalue weighted by molar-refractivity contribution is 5.81. The predicted molar refractivity (Wildman–Crippen MR) is 98.3 cm³/mol. The molecule has 0 saturated carbocycles. The fraction of sp³-hybridized carbons (Fsp3) is 0.350. The van der Waals surface area contributed by atoms with Crippen LogP contribution in [0.2, 0.25) is 0 Å². The predicted octanol–water partition coefficient (Wildman–Crippen LogP) is 2.81. The van der Waals surface area contributed by atoms with E-state index >= 15 is 0 Å². The second-order valence-corrected chi connectivity index (χ2v) is 6.09.